The summed E-state index contributed by atoms with van der Waals surface area (Å²) in [5.74, 6) is -0.599. The Morgan fingerprint density at radius 3 is 2.29 bits per heavy atom. The van der Waals surface area contributed by atoms with Crippen LogP contribution in [-0.4, -0.2) is 38.7 Å². The third-order valence-electron chi connectivity index (χ3n) is 3.37. The molecule has 1 heterocycles. The Labute approximate surface area is 141 Å². The number of likely N-dealkylation sites (tertiary alicyclic amines) is 1. The van der Waals surface area contributed by atoms with Crippen molar-refractivity contribution in [2.75, 3.05) is 6.54 Å². The van der Waals surface area contributed by atoms with Gasteiger partial charge in [0.25, 0.3) is 0 Å². The van der Waals surface area contributed by atoms with Gasteiger partial charge in [-0.1, -0.05) is 6.58 Å². The number of ether oxygens (including phenoxy) is 2. The van der Waals surface area contributed by atoms with Crippen molar-refractivity contribution in [3.63, 3.8) is 0 Å². The molecule has 1 saturated heterocycles. The summed E-state index contributed by atoms with van der Waals surface area (Å²) < 4.78 is 8.90. The van der Waals surface area contributed by atoms with Crippen LogP contribution in [0.15, 0.2) is 12.2 Å². The van der Waals surface area contributed by atoms with E-state index in [1.54, 1.807) is 20.8 Å². The minimum atomic E-state index is -1.48. The topological polar surface area (TPSA) is 55.8 Å². The zero-order chi connectivity index (χ0) is 16.4. The molecule has 0 aliphatic carbocycles. The average Bonchev–Trinajstić information content (AvgIpc) is 2.74. The first-order valence-electron chi connectivity index (χ1n) is 6.49. The lowest BCUT2D eigenvalue weighted by molar-refractivity contribution is -0.148. The maximum absolute atomic E-state index is 12.2. The van der Waals surface area contributed by atoms with Gasteiger partial charge >= 0.3 is 12.1 Å². The molecular formula is C13H21NO4S3. The molecule has 1 aliphatic rings. The number of esters is 1. The van der Waals surface area contributed by atoms with Crippen molar-refractivity contribution in [3.05, 3.63) is 12.2 Å². The minimum Gasteiger partial charge on any atom is -0.439 e. The van der Waals surface area contributed by atoms with E-state index in [9.17, 15) is 9.59 Å². The molecule has 0 aromatic heterocycles. The lowest BCUT2D eigenvalue weighted by Gasteiger charge is -2.31. The standard InChI is InChI=1S/C13H21NO4S3/c1-8(2)12(3,4)18-11(16)14-7-5-6-9(14)10(15)17-13(19,20)21/h9,19-21H,1,5-7H2,2-4H3/t9-/m0/s1. The van der Waals surface area contributed by atoms with E-state index in [0.29, 0.717) is 25.0 Å². The second-order valence-corrected chi connectivity index (χ2v) is 8.45. The summed E-state index contributed by atoms with van der Waals surface area (Å²) in [6, 6.07) is -0.704. The van der Waals surface area contributed by atoms with Gasteiger partial charge in [0.2, 0.25) is 3.60 Å². The number of nitrogens with zero attached hydrogens (tertiary/aromatic N) is 1. The molecule has 0 spiro atoms. The fourth-order valence-electron chi connectivity index (χ4n) is 1.80. The summed E-state index contributed by atoms with van der Waals surface area (Å²) in [5, 5.41) is 0. The average molecular weight is 352 g/mol. The van der Waals surface area contributed by atoms with Gasteiger partial charge in [-0.05, 0) is 39.2 Å². The van der Waals surface area contributed by atoms with E-state index < -0.39 is 27.3 Å². The van der Waals surface area contributed by atoms with Gasteiger partial charge in [0, 0.05) is 6.54 Å². The molecular weight excluding hydrogens is 330 g/mol. The quantitative estimate of drug-likeness (QED) is 0.315. The van der Waals surface area contributed by atoms with E-state index in [1.807, 2.05) is 0 Å². The number of hydrogen-bond donors (Lipinski definition) is 3. The van der Waals surface area contributed by atoms with Gasteiger partial charge in [-0.15, -0.1) is 37.9 Å². The number of carbonyl (C=O) groups is 2. The van der Waals surface area contributed by atoms with Gasteiger partial charge in [-0.25, -0.2) is 9.59 Å². The Hall–Kier alpha value is -0.470. The third kappa shape index (κ3) is 5.34. The third-order valence-corrected chi connectivity index (χ3v) is 3.64. The Morgan fingerprint density at radius 2 is 1.81 bits per heavy atom. The Morgan fingerprint density at radius 1 is 1.24 bits per heavy atom. The van der Waals surface area contributed by atoms with Crippen LogP contribution in [0.3, 0.4) is 0 Å². The van der Waals surface area contributed by atoms with Crippen LogP contribution in [0.2, 0.25) is 0 Å². The zero-order valence-corrected chi connectivity index (χ0v) is 15.0. The highest BCUT2D eigenvalue weighted by Crippen LogP contribution is 2.30. The highest BCUT2D eigenvalue weighted by atomic mass is 32.2. The molecule has 0 unspecified atom stereocenters. The second kappa shape index (κ2) is 6.75. The molecule has 1 atom stereocenters. The molecule has 5 nitrogen and oxygen atoms in total. The molecule has 120 valence electrons. The lowest BCUT2D eigenvalue weighted by atomic mass is 10.0. The molecule has 1 amide bonds. The highest BCUT2D eigenvalue weighted by Gasteiger charge is 2.40. The number of thiol groups is 3. The van der Waals surface area contributed by atoms with Crippen molar-refractivity contribution in [2.24, 2.45) is 0 Å². The molecule has 0 bridgehead atoms. The molecule has 1 rings (SSSR count). The van der Waals surface area contributed by atoms with Crippen LogP contribution < -0.4 is 0 Å². The van der Waals surface area contributed by atoms with Gasteiger partial charge in [0.05, 0.1) is 0 Å². The van der Waals surface area contributed by atoms with Crippen LogP contribution in [0.25, 0.3) is 0 Å². The van der Waals surface area contributed by atoms with E-state index in [2.05, 4.69) is 44.5 Å². The number of rotatable bonds is 4. The molecule has 1 aliphatic heterocycles. The number of amides is 1. The summed E-state index contributed by atoms with van der Waals surface area (Å²) in [5.41, 5.74) is -0.0802. The Kier molecular flexibility index (Phi) is 5.97. The van der Waals surface area contributed by atoms with Gasteiger partial charge < -0.3 is 9.47 Å². The summed E-state index contributed by atoms with van der Waals surface area (Å²) in [4.78, 5) is 25.6. The molecule has 0 aromatic rings. The summed E-state index contributed by atoms with van der Waals surface area (Å²) in [7, 11) is 0. The molecule has 21 heavy (non-hydrogen) atoms. The largest absolute Gasteiger partial charge is 0.439 e. The van der Waals surface area contributed by atoms with E-state index in [1.165, 1.54) is 4.90 Å². The minimum absolute atomic E-state index is 0.434. The van der Waals surface area contributed by atoms with E-state index in [0.717, 1.165) is 0 Å². The highest BCUT2D eigenvalue weighted by molar-refractivity contribution is 8.16. The first kappa shape index (κ1) is 18.6. The van der Waals surface area contributed by atoms with Crippen molar-refractivity contribution in [3.8, 4) is 0 Å². The van der Waals surface area contributed by atoms with Crippen LogP contribution in [0.1, 0.15) is 33.6 Å². The second-order valence-electron chi connectivity index (χ2n) is 5.50. The summed E-state index contributed by atoms with van der Waals surface area (Å²) in [6.45, 7) is 9.50. The van der Waals surface area contributed by atoms with Gasteiger partial charge in [0.1, 0.15) is 11.6 Å². The molecule has 1 fully saturated rings. The van der Waals surface area contributed by atoms with Crippen molar-refractivity contribution in [1.29, 1.82) is 0 Å². The molecule has 0 aromatic carbocycles. The van der Waals surface area contributed by atoms with Crippen LogP contribution in [0.5, 0.6) is 0 Å². The number of hydrogen-bond acceptors (Lipinski definition) is 7. The number of carbonyl (C=O) groups excluding carboxylic acids is 2. The monoisotopic (exact) mass is 351 g/mol. The van der Waals surface area contributed by atoms with Crippen molar-refractivity contribution >= 4 is 49.9 Å². The summed E-state index contributed by atoms with van der Waals surface area (Å²) >= 11 is 11.7. The van der Waals surface area contributed by atoms with E-state index in [-0.39, 0.29) is 0 Å². The van der Waals surface area contributed by atoms with Crippen molar-refractivity contribution < 1.29 is 19.1 Å². The fourth-order valence-corrected chi connectivity index (χ4v) is 2.07. The van der Waals surface area contributed by atoms with Gasteiger partial charge in [-0.2, -0.15) is 0 Å². The van der Waals surface area contributed by atoms with E-state index in [4.69, 9.17) is 9.47 Å². The Balaban J connectivity index is 2.75. The van der Waals surface area contributed by atoms with Crippen LogP contribution in [-0.2, 0) is 14.3 Å². The summed E-state index contributed by atoms with van der Waals surface area (Å²) in [6.07, 6.45) is 0.638. The SMILES string of the molecule is C=C(C)C(C)(C)OC(=O)N1CCC[C@H]1C(=O)OC(S)(S)S. The predicted octanol–water partition coefficient (Wildman–Crippen LogP) is 2.89. The maximum atomic E-state index is 12.2. The molecule has 0 saturated carbocycles. The van der Waals surface area contributed by atoms with Crippen LogP contribution >= 0.6 is 37.9 Å². The van der Waals surface area contributed by atoms with Gasteiger partial charge in [0.15, 0.2) is 0 Å². The van der Waals surface area contributed by atoms with E-state index >= 15 is 0 Å². The lowest BCUT2D eigenvalue weighted by Crippen LogP contribution is -2.45. The predicted molar refractivity (Wildman–Crippen MR) is 90.9 cm³/mol. The van der Waals surface area contributed by atoms with Gasteiger partial charge in [-0.3, -0.25) is 4.90 Å². The zero-order valence-electron chi connectivity index (χ0n) is 12.3. The van der Waals surface area contributed by atoms with Crippen molar-refractivity contribution in [1.82, 2.24) is 4.90 Å². The van der Waals surface area contributed by atoms with Crippen LogP contribution in [0, 0.1) is 0 Å². The molecule has 0 radical (unpaired) electrons. The molecule has 0 N–H and O–H groups in total. The first-order chi connectivity index (χ1) is 9.44. The van der Waals surface area contributed by atoms with Crippen LogP contribution in [0.4, 0.5) is 4.79 Å². The smallest absolute Gasteiger partial charge is 0.411 e. The van der Waals surface area contributed by atoms with Crippen molar-refractivity contribution in [2.45, 2.75) is 48.9 Å². The molecule has 8 heteroatoms. The normalized spacial score (nSPS) is 19.3. The Bertz CT molecular complexity index is 445. The fraction of sp³-hybridized carbons (Fsp3) is 0.692. The first-order valence-corrected chi connectivity index (χ1v) is 7.84. The maximum Gasteiger partial charge on any atom is 0.411 e.